The quantitative estimate of drug-likeness (QED) is 0.249. The largest absolute Gasteiger partial charge is 0.463 e. The first-order chi connectivity index (χ1) is 17.1. The summed E-state index contributed by atoms with van der Waals surface area (Å²) in [6.45, 7) is 4.91. The van der Waals surface area contributed by atoms with Crippen molar-refractivity contribution in [2.24, 2.45) is 0 Å². The van der Waals surface area contributed by atoms with Gasteiger partial charge in [0.2, 0.25) is 5.82 Å². The lowest BCUT2D eigenvalue weighted by Crippen LogP contribution is -2.08. The molecule has 8 heteroatoms. The molecule has 8 nitrogen and oxygen atoms in total. The van der Waals surface area contributed by atoms with Gasteiger partial charge in [-0.15, -0.1) is 10.2 Å². The van der Waals surface area contributed by atoms with Gasteiger partial charge < -0.3 is 9.30 Å². The van der Waals surface area contributed by atoms with Crippen LogP contribution in [0.5, 0.6) is 0 Å². The van der Waals surface area contributed by atoms with E-state index in [0.29, 0.717) is 19.0 Å². The molecule has 0 saturated heterocycles. The van der Waals surface area contributed by atoms with E-state index in [-0.39, 0.29) is 5.97 Å². The Hall–Kier alpha value is -4.07. The van der Waals surface area contributed by atoms with Gasteiger partial charge in [-0.1, -0.05) is 48.5 Å². The Bertz CT molecular complexity index is 1350. The molecule has 35 heavy (non-hydrogen) atoms. The van der Waals surface area contributed by atoms with Gasteiger partial charge in [-0.3, -0.25) is 0 Å². The molecule has 1 N–H and O–H groups in total. The van der Waals surface area contributed by atoms with Crippen LogP contribution >= 0.6 is 0 Å². The topological polar surface area (TPSA) is 98.6 Å². The number of nitrogens with zero attached hydrogens (tertiary/aromatic N) is 5. The molecule has 0 radical (unpaired) electrons. The number of carbonyl (C=O) groups excluding carboxylic acids is 1. The molecule has 178 valence electrons. The smallest absolute Gasteiger partial charge is 0.331 e. The first kappa shape index (κ1) is 22.7. The highest BCUT2D eigenvalue weighted by atomic mass is 16.5. The fraction of sp³-hybridized carbons (Fsp3) is 0.296. The minimum absolute atomic E-state index is 0.287. The van der Waals surface area contributed by atoms with Gasteiger partial charge in [-0.05, 0) is 67.0 Å². The van der Waals surface area contributed by atoms with Gasteiger partial charge in [0.05, 0.1) is 18.0 Å². The number of esters is 1. The summed E-state index contributed by atoms with van der Waals surface area (Å²) in [4.78, 5) is 17.1. The van der Waals surface area contributed by atoms with Gasteiger partial charge in [0.1, 0.15) is 5.82 Å². The third-order valence-corrected chi connectivity index (χ3v) is 6.34. The van der Waals surface area contributed by atoms with Crippen LogP contribution in [0.1, 0.15) is 49.0 Å². The minimum atomic E-state index is -0.287. The summed E-state index contributed by atoms with van der Waals surface area (Å²) >= 11 is 0. The number of aromatic nitrogens is 6. The van der Waals surface area contributed by atoms with Crippen LogP contribution in [0.25, 0.3) is 28.1 Å². The summed E-state index contributed by atoms with van der Waals surface area (Å²) < 4.78 is 7.43. The summed E-state index contributed by atoms with van der Waals surface area (Å²) in [5.74, 6) is 1.24. The van der Waals surface area contributed by atoms with E-state index >= 15 is 0 Å². The number of rotatable bonds is 6. The Balaban J connectivity index is 1.46. The number of hydrogen-bond donors (Lipinski definition) is 1. The van der Waals surface area contributed by atoms with E-state index in [2.05, 4.69) is 55.5 Å². The number of H-pyrrole nitrogens is 1. The second-order valence-corrected chi connectivity index (χ2v) is 8.65. The van der Waals surface area contributed by atoms with Crippen molar-refractivity contribution < 1.29 is 9.53 Å². The molecule has 4 aromatic rings. The van der Waals surface area contributed by atoms with E-state index in [1.54, 1.807) is 6.08 Å². The molecule has 1 aliphatic carbocycles. The molecular formula is C27H28N6O2. The van der Waals surface area contributed by atoms with Gasteiger partial charge in [-0.25, -0.2) is 9.78 Å². The van der Waals surface area contributed by atoms with Crippen molar-refractivity contribution in [2.45, 2.75) is 46.1 Å². The Kier molecular flexibility index (Phi) is 6.52. The normalized spacial score (nSPS) is 14.5. The number of tetrazole rings is 1. The van der Waals surface area contributed by atoms with Crippen LogP contribution in [0.2, 0.25) is 0 Å². The molecule has 5 rings (SSSR count). The Labute approximate surface area is 204 Å². The van der Waals surface area contributed by atoms with E-state index in [4.69, 9.17) is 9.72 Å². The molecule has 0 spiro atoms. The summed E-state index contributed by atoms with van der Waals surface area (Å²) in [6, 6.07) is 16.6. The van der Waals surface area contributed by atoms with Crippen LogP contribution in [0.15, 0.2) is 54.6 Å². The fourth-order valence-corrected chi connectivity index (χ4v) is 4.72. The van der Waals surface area contributed by atoms with Crippen LogP contribution in [0, 0.1) is 6.92 Å². The highest BCUT2D eigenvalue weighted by molar-refractivity contribution is 5.91. The Morgan fingerprint density at radius 3 is 2.60 bits per heavy atom. The molecule has 0 saturated carbocycles. The van der Waals surface area contributed by atoms with Crippen LogP contribution in [-0.2, 0) is 22.5 Å². The molecule has 0 unspecified atom stereocenters. The van der Waals surface area contributed by atoms with Crippen molar-refractivity contribution in [3.8, 4) is 22.5 Å². The van der Waals surface area contributed by atoms with E-state index in [1.807, 2.05) is 32.0 Å². The van der Waals surface area contributed by atoms with Crippen molar-refractivity contribution in [2.75, 3.05) is 6.61 Å². The summed E-state index contributed by atoms with van der Waals surface area (Å²) in [5.41, 5.74) is 7.38. The maximum absolute atomic E-state index is 12.3. The molecule has 1 aliphatic rings. The molecule has 2 aromatic heterocycles. The SMILES string of the molecule is CCOC(=O)C=C1CCCCc2nc(C)n(Cc3ccc(-c4ccccc4-c4nn[nH]n4)cc3)c21. The summed E-state index contributed by atoms with van der Waals surface area (Å²) in [5, 5.41) is 14.5. The Morgan fingerprint density at radius 1 is 1.09 bits per heavy atom. The third kappa shape index (κ3) is 4.77. The van der Waals surface area contributed by atoms with Crippen LogP contribution < -0.4 is 0 Å². The number of imidazole rings is 1. The number of benzene rings is 2. The van der Waals surface area contributed by atoms with Gasteiger partial charge >= 0.3 is 5.97 Å². The molecule has 0 atom stereocenters. The van der Waals surface area contributed by atoms with Crippen molar-refractivity contribution in [3.05, 3.63) is 77.4 Å². The number of nitrogens with one attached hydrogen (secondary N) is 1. The number of aromatic amines is 1. The number of hydrogen-bond acceptors (Lipinski definition) is 6. The summed E-state index contributed by atoms with van der Waals surface area (Å²) in [7, 11) is 0. The van der Waals surface area contributed by atoms with Gasteiger partial charge in [-0.2, -0.15) is 5.21 Å². The second-order valence-electron chi connectivity index (χ2n) is 8.65. The van der Waals surface area contributed by atoms with Crippen molar-refractivity contribution in [3.63, 3.8) is 0 Å². The molecule has 2 aromatic carbocycles. The average molecular weight is 469 g/mol. The maximum Gasteiger partial charge on any atom is 0.331 e. The predicted octanol–water partition coefficient (Wildman–Crippen LogP) is 4.76. The van der Waals surface area contributed by atoms with Crippen molar-refractivity contribution in [1.29, 1.82) is 0 Å². The maximum atomic E-state index is 12.3. The fourth-order valence-electron chi connectivity index (χ4n) is 4.72. The van der Waals surface area contributed by atoms with E-state index in [9.17, 15) is 4.79 Å². The third-order valence-electron chi connectivity index (χ3n) is 6.34. The number of allylic oxidation sites excluding steroid dienone is 1. The van der Waals surface area contributed by atoms with Crippen LogP contribution in [0.3, 0.4) is 0 Å². The first-order valence-electron chi connectivity index (χ1n) is 12.0. The zero-order valence-corrected chi connectivity index (χ0v) is 20.0. The van der Waals surface area contributed by atoms with E-state index < -0.39 is 0 Å². The van der Waals surface area contributed by atoms with Crippen molar-refractivity contribution >= 4 is 11.5 Å². The monoisotopic (exact) mass is 468 g/mol. The molecule has 0 fully saturated rings. The molecular weight excluding hydrogens is 440 g/mol. The number of ether oxygens (including phenoxy) is 1. The zero-order chi connectivity index (χ0) is 24.2. The zero-order valence-electron chi connectivity index (χ0n) is 20.0. The first-order valence-corrected chi connectivity index (χ1v) is 12.0. The lowest BCUT2D eigenvalue weighted by atomic mass is 9.98. The molecule has 2 heterocycles. The van der Waals surface area contributed by atoms with Crippen molar-refractivity contribution in [1.82, 2.24) is 30.2 Å². The standard InChI is InChI=1S/C27H28N6O2/c1-3-35-25(34)16-21-8-4-7-11-24-26(21)33(18(2)28-24)17-19-12-14-20(15-13-19)22-9-5-6-10-23(22)27-29-31-32-30-27/h5-6,9-10,12-16H,3-4,7-8,11,17H2,1-2H3,(H,29,30,31,32). The lowest BCUT2D eigenvalue weighted by molar-refractivity contribution is -0.137. The molecule has 0 bridgehead atoms. The van der Waals surface area contributed by atoms with E-state index in [0.717, 1.165) is 70.7 Å². The predicted molar refractivity (Wildman–Crippen MR) is 133 cm³/mol. The lowest BCUT2D eigenvalue weighted by Gasteiger charge is -2.14. The number of carbonyl (C=O) groups is 1. The minimum Gasteiger partial charge on any atom is -0.463 e. The highest BCUT2D eigenvalue weighted by Gasteiger charge is 2.22. The summed E-state index contributed by atoms with van der Waals surface area (Å²) in [6.07, 6.45) is 5.54. The van der Waals surface area contributed by atoms with Gasteiger partial charge in [0.25, 0.3) is 0 Å². The number of aryl methyl sites for hydroxylation is 2. The molecule has 0 aliphatic heterocycles. The highest BCUT2D eigenvalue weighted by Crippen LogP contribution is 2.32. The van der Waals surface area contributed by atoms with Crippen LogP contribution in [0.4, 0.5) is 0 Å². The van der Waals surface area contributed by atoms with Crippen LogP contribution in [-0.4, -0.2) is 42.8 Å². The van der Waals surface area contributed by atoms with Gasteiger partial charge in [0, 0.05) is 18.2 Å². The Morgan fingerprint density at radius 2 is 1.86 bits per heavy atom. The van der Waals surface area contributed by atoms with Gasteiger partial charge in [0.15, 0.2) is 0 Å². The average Bonchev–Trinajstić information content (AvgIpc) is 3.46. The molecule has 0 amide bonds. The number of fused-ring (bicyclic) bond motifs is 1. The van der Waals surface area contributed by atoms with E-state index in [1.165, 1.54) is 0 Å². The second kappa shape index (κ2) is 10.0.